The van der Waals surface area contributed by atoms with Gasteiger partial charge in [-0.2, -0.15) is 0 Å². The van der Waals surface area contributed by atoms with E-state index in [1.807, 2.05) is 6.92 Å². The monoisotopic (exact) mass is 250 g/mol. The van der Waals surface area contributed by atoms with E-state index in [0.29, 0.717) is 31.2 Å². The second kappa shape index (κ2) is 5.73. The van der Waals surface area contributed by atoms with Crippen molar-refractivity contribution in [3.8, 4) is 5.75 Å². The number of amides is 1. The van der Waals surface area contributed by atoms with Crippen molar-refractivity contribution < 1.29 is 14.3 Å². The fraction of sp³-hybridized carbons (Fsp3) is 0.462. The molecule has 1 aromatic rings. The summed E-state index contributed by atoms with van der Waals surface area (Å²) in [6.45, 7) is 3.81. The Morgan fingerprint density at radius 3 is 3.17 bits per heavy atom. The van der Waals surface area contributed by atoms with E-state index in [9.17, 15) is 4.79 Å². The summed E-state index contributed by atoms with van der Waals surface area (Å²) in [5, 5.41) is 0. The van der Waals surface area contributed by atoms with E-state index in [1.54, 1.807) is 29.2 Å². The number of hydrogen-bond donors (Lipinski definition) is 1. The lowest BCUT2D eigenvalue weighted by atomic mass is 10.2. The molecule has 0 saturated carbocycles. The fourth-order valence-electron chi connectivity index (χ4n) is 1.93. The Hall–Kier alpha value is -1.75. The maximum Gasteiger partial charge on any atom is 0.260 e. The molecule has 1 amide bonds. The van der Waals surface area contributed by atoms with Crippen molar-refractivity contribution in [2.45, 2.75) is 13.0 Å². The minimum absolute atomic E-state index is 0.0202. The van der Waals surface area contributed by atoms with Crippen molar-refractivity contribution in [1.82, 2.24) is 4.90 Å². The summed E-state index contributed by atoms with van der Waals surface area (Å²) in [6, 6.07) is 7.17. The van der Waals surface area contributed by atoms with E-state index in [-0.39, 0.29) is 18.6 Å². The van der Waals surface area contributed by atoms with Gasteiger partial charge in [0.05, 0.1) is 19.3 Å². The zero-order valence-corrected chi connectivity index (χ0v) is 10.5. The van der Waals surface area contributed by atoms with Crippen molar-refractivity contribution in [2.24, 2.45) is 0 Å². The van der Waals surface area contributed by atoms with Gasteiger partial charge in [-0.15, -0.1) is 0 Å². The van der Waals surface area contributed by atoms with Crippen molar-refractivity contribution >= 4 is 11.6 Å². The van der Waals surface area contributed by atoms with Gasteiger partial charge in [0.15, 0.2) is 6.61 Å². The van der Waals surface area contributed by atoms with Crippen LogP contribution in [0.4, 0.5) is 5.69 Å². The quantitative estimate of drug-likeness (QED) is 0.809. The van der Waals surface area contributed by atoms with Crippen LogP contribution in [-0.2, 0) is 9.53 Å². The molecule has 2 rings (SSSR count). The Kier molecular flexibility index (Phi) is 4.04. The Labute approximate surface area is 106 Å². The summed E-state index contributed by atoms with van der Waals surface area (Å²) in [5.74, 6) is 0.595. The van der Waals surface area contributed by atoms with Gasteiger partial charge in [-0.05, 0) is 19.1 Å². The van der Waals surface area contributed by atoms with Crippen LogP contribution in [0, 0.1) is 0 Å². The third-order valence-corrected chi connectivity index (χ3v) is 2.91. The zero-order chi connectivity index (χ0) is 13.0. The molecular formula is C13H18N2O3. The lowest BCUT2D eigenvalue weighted by molar-refractivity contribution is -0.141. The molecule has 5 heteroatoms. The highest BCUT2D eigenvalue weighted by Crippen LogP contribution is 2.15. The van der Waals surface area contributed by atoms with E-state index < -0.39 is 0 Å². The van der Waals surface area contributed by atoms with Gasteiger partial charge in [-0.25, -0.2) is 0 Å². The van der Waals surface area contributed by atoms with Crippen LogP contribution in [0.1, 0.15) is 6.92 Å². The van der Waals surface area contributed by atoms with E-state index >= 15 is 0 Å². The highest BCUT2D eigenvalue weighted by Gasteiger charge is 2.23. The largest absolute Gasteiger partial charge is 0.484 e. The number of ether oxygens (including phenoxy) is 2. The molecule has 1 aromatic carbocycles. The Bertz CT molecular complexity index is 422. The second-order valence-corrected chi connectivity index (χ2v) is 4.37. The van der Waals surface area contributed by atoms with Crippen LogP contribution in [0.25, 0.3) is 0 Å². The van der Waals surface area contributed by atoms with E-state index in [1.165, 1.54) is 0 Å². The smallest absolute Gasteiger partial charge is 0.260 e. The summed E-state index contributed by atoms with van der Waals surface area (Å²) in [6.07, 6.45) is 0. The molecule has 1 atom stereocenters. The predicted molar refractivity (Wildman–Crippen MR) is 68.3 cm³/mol. The molecule has 1 heterocycles. The Morgan fingerprint density at radius 2 is 2.44 bits per heavy atom. The van der Waals surface area contributed by atoms with Crippen LogP contribution in [0.3, 0.4) is 0 Å². The number of nitrogens with zero attached hydrogens (tertiary/aromatic N) is 1. The molecule has 98 valence electrons. The second-order valence-electron chi connectivity index (χ2n) is 4.37. The topological polar surface area (TPSA) is 64.8 Å². The van der Waals surface area contributed by atoms with Gasteiger partial charge in [-0.3, -0.25) is 4.79 Å². The molecule has 1 aliphatic heterocycles. The molecule has 0 aliphatic carbocycles. The normalized spacial score (nSPS) is 19.6. The number of rotatable bonds is 3. The number of carbonyl (C=O) groups is 1. The first-order valence-corrected chi connectivity index (χ1v) is 6.02. The number of anilines is 1. The van der Waals surface area contributed by atoms with Gasteiger partial charge < -0.3 is 20.1 Å². The zero-order valence-electron chi connectivity index (χ0n) is 10.5. The summed E-state index contributed by atoms with van der Waals surface area (Å²) >= 11 is 0. The highest BCUT2D eigenvalue weighted by atomic mass is 16.5. The summed E-state index contributed by atoms with van der Waals surface area (Å²) < 4.78 is 10.7. The average Bonchev–Trinajstić information content (AvgIpc) is 2.37. The van der Waals surface area contributed by atoms with Crippen LogP contribution in [-0.4, -0.2) is 43.2 Å². The van der Waals surface area contributed by atoms with E-state index in [0.717, 1.165) is 0 Å². The Balaban J connectivity index is 1.88. The first-order valence-electron chi connectivity index (χ1n) is 6.02. The molecule has 2 N–H and O–H groups in total. The third-order valence-electron chi connectivity index (χ3n) is 2.91. The Morgan fingerprint density at radius 1 is 1.61 bits per heavy atom. The first kappa shape index (κ1) is 12.7. The van der Waals surface area contributed by atoms with Crippen molar-refractivity contribution in [1.29, 1.82) is 0 Å². The van der Waals surface area contributed by atoms with Crippen molar-refractivity contribution in [2.75, 3.05) is 32.1 Å². The van der Waals surface area contributed by atoms with Gasteiger partial charge in [-0.1, -0.05) is 6.07 Å². The molecule has 0 bridgehead atoms. The van der Waals surface area contributed by atoms with E-state index in [4.69, 9.17) is 15.2 Å². The lowest BCUT2D eigenvalue weighted by Gasteiger charge is -2.33. The number of carbonyl (C=O) groups excluding carboxylic acids is 1. The molecule has 18 heavy (non-hydrogen) atoms. The summed E-state index contributed by atoms with van der Waals surface area (Å²) in [5.41, 5.74) is 6.26. The molecular weight excluding hydrogens is 232 g/mol. The van der Waals surface area contributed by atoms with Gasteiger partial charge in [0.2, 0.25) is 0 Å². The fourth-order valence-corrected chi connectivity index (χ4v) is 1.93. The molecule has 0 spiro atoms. The van der Waals surface area contributed by atoms with Crippen LogP contribution in [0.5, 0.6) is 5.75 Å². The van der Waals surface area contributed by atoms with Gasteiger partial charge >= 0.3 is 0 Å². The molecule has 5 nitrogen and oxygen atoms in total. The number of morpholine rings is 1. The standard InChI is InChI=1S/C13H18N2O3/c1-10-8-17-6-5-15(10)13(16)9-18-12-4-2-3-11(14)7-12/h2-4,7,10H,5-6,8-9,14H2,1H3. The minimum Gasteiger partial charge on any atom is -0.484 e. The van der Waals surface area contributed by atoms with Crippen molar-refractivity contribution in [3.05, 3.63) is 24.3 Å². The van der Waals surface area contributed by atoms with Crippen LogP contribution < -0.4 is 10.5 Å². The predicted octanol–water partition coefficient (Wildman–Crippen LogP) is 0.895. The highest BCUT2D eigenvalue weighted by molar-refractivity contribution is 5.78. The molecule has 0 radical (unpaired) electrons. The SMILES string of the molecule is CC1COCCN1C(=O)COc1cccc(N)c1. The van der Waals surface area contributed by atoms with Crippen LogP contribution in [0.2, 0.25) is 0 Å². The van der Waals surface area contributed by atoms with Gasteiger partial charge in [0, 0.05) is 18.3 Å². The molecule has 0 aromatic heterocycles. The number of hydrogen-bond acceptors (Lipinski definition) is 4. The van der Waals surface area contributed by atoms with Gasteiger partial charge in [0.25, 0.3) is 5.91 Å². The maximum absolute atomic E-state index is 12.0. The number of benzene rings is 1. The summed E-state index contributed by atoms with van der Waals surface area (Å²) in [7, 11) is 0. The molecule has 1 fully saturated rings. The maximum atomic E-state index is 12.0. The lowest BCUT2D eigenvalue weighted by Crippen LogP contribution is -2.48. The summed E-state index contributed by atoms with van der Waals surface area (Å²) in [4.78, 5) is 13.8. The molecule has 1 unspecified atom stereocenters. The van der Waals surface area contributed by atoms with Crippen LogP contribution >= 0.6 is 0 Å². The first-order chi connectivity index (χ1) is 8.66. The number of nitrogens with two attached hydrogens (primary N) is 1. The third kappa shape index (κ3) is 3.13. The van der Waals surface area contributed by atoms with E-state index in [2.05, 4.69) is 0 Å². The molecule has 1 saturated heterocycles. The average molecular weight is 250 g/mol. The minimum atomic E-state index is -0.0202. The van der Waals surface area contributed by atoms with Crippen molar-refractivity contribution in [3.63, 3.8) is 0 Å². The van der Waals surface area contributed by atoms with Gasteiger partial charge in [0.1, 0.15) is 5.75 Å². The molecule has 1 aliphatic rings. The number of nitrogen functional groups attached to an aromatic ring is 1. The van der Waals surface area contributed by atoms with Crippen LogP contribution in [0.15, 0.2) is 24.3 Å².